The number of esters is 1. The fourth-order valence-corrected chi connectivity index (χ4v) is 4.57. The van der Waals surface area contributed by atoms with Gasteiger partial charge < -0.3 is 10.1 Å². The Hall–Kier alpha value is -4.68. The van der Waals surface area contributed by atoms with Gasteiger partial charge in [0.05, 0.1) is 11.3 Å². The molecule has 194 valence electrons. The fourth-order valence-electron chi connectivity index (χ4n) is 4.38. The molecule has 1 heterocycles. The van der Waals surface area contributed by atoms with E-state index in [-0.39, 0.29) is 5.91 Å². The van der Waals surface area contributed by atoms with Crippen molar-refractivity contribution >= 4 is 29.2 Å². The number of hydrogen-bond acceptors (Lipinski definition) is 4. The van der Waals surface area contributed by atoms with Gasteiger partial charge in [0.15, 0.2) is 0 Å². The second-order valence-corrected chi connectivity index (χ2v) is 9.72. The second-order valence-electron chi connectivity index (χ2n) is 9.28. The SMILES string of the molecule is CC(=O)Oc1c(-c2ccc(NC(=O)c3cccc(Cl)c3)cc2)c(-c2cccc(C)c2)nn1-c1cccc(C)c1. The molecule has 0 aliphatic heterocycles. The Bertz CT molecular complexity index is 1690. The summed E-state index contributed by atoms with van der Waals surface area (Å²) in [7, 11) is 0. The molecule has 0 saturated carbocycles. The van der Waals surface area contributed by atoms with Crippen molar-refractivity contribution in [2.45, 2.75) is 20.8 Å². The lowest BCUT2D eigenvalue weighted by Crippen LogP contribution is -2.11. The van der Waals surface area contributed by atoms with Crippen LogP contribution in [0.2, 0.25) is 5.02 Å². The molecule has 0 fully saturated rings. The van der Waals surface area contributed by atoms with E-state index in [1.807, 2.05) is 74.5 Å². The number of aryl methyl sites for hydroxylation is 2. The van der Waals surface area contributed by atoms with Crippen LogP contribution in [0.3, 0.4) is 0 Å². The Morgan fingerprint density at radius 3 is 2.18 bits per heavy atom. The van der Waals surface area contributed by atoms with Crippen molar-refractivity contribution in [1.29, 1.82) is 0 Å². The van der Waals surface area contributed by atoms with Crippen molar-refractivity contribution < 1.29 is 14.3 Å². The number of nitrogens with one attached hydrogen (secondary N) is 1. The summed E-state index contributed by atoms with van der Waals surface area (Å²) < 4.78 is 7.46. The summed E-state index contributed by atoms with van der Waals surface area (Å²) in [6.07, 6.45) is 0. The molecular formula is C32H26ClN3O3. The highest BCUT2D eigenvalue weighted by atomic mass is 35.5. The van der Waals surface area contributed by atoms with Crippen molar-refractivity contribution in [3.63, 3.8) is 0 Å². The van der Waals surface area contributed by atoms with Gasteiger partial charge in [0, 0.05) is 28.8 Å². The Labute approximate surface area is 231 Å². The second kappa shape index (κ2) is 11.0. The van der Waals surface area contributed by atoms with Gasteiger partial charge >= 0.3 is 5.97 Å². The molecule has 0 bridgehead atoms. The first-order chi connectivity index (χ1) is 18.8. The largest absolute Gasteiger partial charge is 0.407 e. The predicted octanol–water partition coefficient (Wildman–Crippen LogP) is 7.65. The molecule has 0 aliphatic carbocycles. The average Bonchev–Trinajstić information content (AvgIpc) is 3.27. The third-order valence-corrected chi connectivity index (χ3v) is 6.37. The number of halogens is 1. The van der Waals surface area contributed by atoms with Gasteiger partial charge in [-0.3, -0.25) is 9.59 Å². The monoisotopic (exact) mass is 535 g/mol. The summed E-state index contributed by atoms with van der Waals surface area (Å²) >= 11 is 6.04. The Morgan fingerprint density at radius 1 is 0.821 bits per heavy atom. The summed E-state index contributed by atoms with van der Waals surface area (Å²) in [6.45, 7) is 5.39. The standard InChI is InChI=1S/C32H26ClN3O3/c1-20-7-4-9-24(17-20)30-29(32(39-22(3)37)36(35-30)28-12-5-8-21(2)18-28)23-13-15-27(16-14-23)34-31(38)25-10-6-11-26(33)19-25/h4-19H,1-3H3,(H,34,38). The smallest absolute Gasteiger partial charge is 0.309 e. The number of aromatic nitrogens is 2. The first kappa shape index (κ1) is 25.9. The zero-order valence-corrected chi connectivity index (χ0v) is 22.5. The number of ether oxygens (including phenoxy) is 1. The average molecular weight is 536 g/mol. The van der Waals surface area contributed by atoms with Crippen molar-refractivity contribution in [1.82, 2.24) is 9.78 Å². The molecule has 0 unspecified atom stereocenters. The van der Waals surface area contributed by atoms with Crippen LogP contribution in [0.15, 0.2) is 97.1 Å². The van der Waals surface area contributed by atoms with Gasteiger partial charge in [0.25, 0.3) is 5.91 Å². The number of amides is 1. The first-order valence-corrected chi connectivity index (χ1v) is 12.8. The Balaban J connectivity index is 1.62. The van der Waals surface area contributed by atoms with E-state index in [9.17, 15) is 9.59 Å². The van der Waals surface area contributed by atoms with Gasteiger partial charge in [-0.25, -0.2) is 0 Å². The van der Waals surface area contributed by atoms with Gasteiger partial charge in [0.2, 0.25) is 5.88 Å². The highest BCUT2D eigenvalue weighted by molar-refractivity contribution is 6.31. The Kier molecular flexibility index (Phi) is 7.30. The van der Waals surface area contributed by atoms with E-state index in [0.717, 1.165) is 27.9 Å². The molecule has 1 N–H and O–H groups in total. The van der Waals surface area contributed by atoms with Gasteiger partial charge in [-0.1, -0.05) is 65.7 Å². The summed E-state index contributed by atoms with van der Waals surface area (Å²) in [6, 6.07) is 30.0. The number of rotatable bonds is 6. The van der Waals surface area contributed by atoms with Crippen LogP contribution in [0.25, 0.3) is 28.1 Å². The maximum absolute atomic E-state index is 12.7. The number of hydrogen-bond donors (Lipinski definition) is 1. The minimum absolute atomic E-state index is 0.265. The quantitative estimate of drug-likeness (QED) is 0.227. The van der Waals surface area contributed by atoms with E-state index in [0.29, 0.717) is 33.4 Å². The zero-order chi connectivity index (χ0) is 27.5. The van der Waals surface area contributed by atoms with E-state index in [1.165, 1.54) is 6.92 Å². The molecule has 0 aliphatic rings. The molecular weight excluding hydrogens is 510 g/mol. The molecule has 1 amide bonds. The van der Waals surface area contributed by atoms with Crippen molar-refractivity contribution in [2.75, 3.05) is 5.32 Å². The van der Waals surface area contributed by atoms with Crippen molar-refractivity contribution in [2.24, 2.45) is 0 Å². The molecule has 0 spiro atoms. The van der Waals surface area contributed by atoms with Crippen LogP contribution in [-0.2, 0) is 4.79 Å². The predicted molar refractivity (Wildman–Crippen MR) is 155 cm³/mol. The minimum atomic E-state index is -0.453. The lowest BCUT2D eigenvalue weighted by atomic mass is 10.00. The molecule has 5 aromatic rings. The van der Waals surface area contributed by atoms with Crippen LogP contribution in [0, 0.1) is 13.8 Å². The normalized spacial score (nSPS) is 10.8. The third-order valence-electron chi connectivity index (χ3n) is 6.14. The van der Waals surface area contributed by atoms with Gasteiger partial charge in [-0.2, -0.15) is 9.78 Å². The fraction of sp³-hybridized carbons (Fsp3) is 0.0938. The van der Waals surface area contributed by atoms with Crippen molar-refractivity contribution in [3.8, 4) is 34.0 Å². The summed E-state index contributed by atoms with van der Waals surface area (Å²) in [5, 5.41) is 8.33. The Morgan fingerprint density at radius 2 is 1.51 bits per heavy atom. The topological polar surface area (TPSA) is 73.2 Å². The highest BCUT2D eigenvalue weighted by Gasteiger charge is 2.25. The maximum Gasteiger partial charge on any atom is 0.309 e. The van der Waals surface area contributed by atoms with Crippen molar-refractivity contribution in [3.05, 3.63) is 119 Å². The summed E-state index contributed by atoms with van der Waals surface area (Å²) in [5.74, 6) is -0.398. The molecule has 7 heteroatoms. The van der Waals surface area contributed by atoms with Crippen LogP contribution in [0.4, 0.5) is 5.69 Å². The van der Waals surface area contributed by atoms with E-state index < -0.39 is 5.97 Å². The molecule has 5 rings (SSSR count). The molecule has 0 atom stereocenters. The van der Waals surface area contributed by atoms with Gasteiger partial charge in [0.1, 0.15) is 5.69 Å². The van der Waals surface area contributed by atoms with Crippen LogP contribution < -0.4 is 10.1 Å². The lowest BCUT2D eigenvalue weighted by molar-refractivity contribution is -0.132. The molecule has 4 aromatic carbocycles. The van der Waals surface area contributed by atoms with Crippen LogP contribution in [-0.4, -0.2) is 21.7 Å². The molecule has 6 nitrogen and oxygen atoms in total. The zero-order valence-electron chi connectivity index (χ0n) is 21.7. The minimum Gasteiger partial charge on any atom is -0.407 e. The molecule has 0 radical (unpaired) electrons. The van der Waals surface area contributed by atoms with E-state index in [1.54, 1.807) is 41.1 Å². The van der Waals surface area contributed by atoms with Gasteiger partial charge in [-0.05, 0) is 73.5 Å². The maximum atomic E-state index is 12.7. The summed E-state index contributed by atoms with van der Waals surface area (Å²) in [5.41, 5.74) is 7.00. The lowest BCUT2D eigenvalue weighted by Gasteiger charge is -2.11. The number of carbonyl (C=O) groups is 2. The van der Waals surface area contributed by atoms with E-state index in [4.69, 9.17) is 21.4 Å². The number of nitrogens with zero attached hydrogens (tertiary/aromatic N) is 2. The van der Waals surface area contributed by atoms with Crippen LogP contribution in [0.5, 0.6) is 5.88 Å². The van der Waals surface area contributed by atoms with E-state index in [2.05, 4.69) is 5.32 Å². The van der Waals surface area contributed by atoms with Gasteiger partial charge in [-0.15, -0.1) is 0 Å². The number of benzene rings is 4. The third kappa shape index (κ3) is 5.76. The van der Waals surface area contributed by atoms with Crippen LogP contribution >= 0.6 is 11.6 Å². The van der Waals surface area contributed by atoms with Crippen LogP contribution in [0.1, 0.15) is 28.4 Å². The summed E-state index contributed by atoms with van der Waals surface area (Å²) in [4.78, 5) is 25.0. The highest BCUT2D eigenvalue weighted by Crippen LogP contribution is 2.41. The first-order valence-electron chi connectivity index (χ1n) is 12.4. The number of carbonyl (C=O) groups excluding carboxylic acids is 2. The van der Waals surface area contributed by atoms with E-state index >= 15 is 0 Å². The number of anilines is 1. The molecule has 0 saturated heterocycles. The molecule has 1 aromatic heterocycles. The molecule has 39 heavy (non-hydrogen) atoms.